The maximum Gasteiger partial charge on any atom is 0.226 e. The Hall–Kier alpha value is -0.570. The second-order valence-electron chi connectivity index (χ2n) is 6.23. The van der Waals surface area contributed by atoms with Crippen LogP contribution in [0.5, 0.6) is 0 Å². The molecule has 1 N–H and O–H groups in total. The van der Waals surface area contributed by atoms with Gasteiger partial charge in [-0.05, 0) is 50.5 Å². The van der Waals surface area contributed by atoms with Crippen LogP contribution in [0.15, 0.2) is 0 Å². The van der Waals surface area contributed by atoms with Crippen molar-refractivity contribution in [1.29, 1.82) is 0 Å². The molecule has 0 aromatic carbocycles. The number of nitrogens with zero attached hydrogens (tertiary/aromatic N) is 1. The van der Waals surface area contributed by atoms with Crippen LogP contribution < -0.4 is 5.32 Å². The molecule has 3 heteroatoms. The van der Waals surface area contributed by atoms with Crippen LogP contribution in [0.3, 0.4) is 0 Å². The fourth-order valence-corrected chi connectivity index (χ4v) is 4.15. The van der Waals surface area contributed by atoms with Crippen LogP contribution in [-0.4, -0.2) is 37.0 Å². The van der Waals surface area contributed by atoms with Crippen LogP contribution in [0.1, 0.15) is 38.5 Å². The lowest BCUT2D eigenvalue weighted by molar-refractivity contribution is -0.138. The van der Waals surface area contributed by atoms with Crippen molar-refractivity contribution < 1.29 is 4.79 Å². The van der Waals surface area contributed by atoms with Crippen molar-refractivity contribution in [3.8, 4) is 0 Å². The first-order chi connectivity index (χ1) is 8.25. The number of amides is 1. The number of nitrogens with one attached hydrogen (secondary N) is 1. The van der Waals surface area contributed by atoms with E-state index in [1.54, 1.807) is 0 Å². The van der Waals surface area contributed by atoms with E-state index in [-0.39, 0.29) is 0 Å². The number of carbonyl (C=O) groups excluding carboxylic acids is 1. The molecule has 17 heavy (non-hydrogen) atoms. The second kappa shape index (κ2) is 4.60. The van der Waals surface area contributed by atoms with Gasteiger partial charge < -0.3 is 10.2 Å². The Morgan fingerprint density at radius 2 is 2.12 bits per heavy atom. The van der Waals surface area contributed by atoms with E-state index in [9.17, 15) is 4.79 Å². The van der Waals surface area contributed by atoms with Crippen LogP contribution in [0, 0.1) is 17.8 Å². The molecule has 4 unspecified atom stereocenters. The Morgan fingerprint density at radius 1 is 1.24 bits per heavy atom. The molecular formula is C14H24N2O. The van der Waals surface area contributed by atoms with Crippen LogP contribution >= 0.6 is 0 Å². The van der Waals surface area contributed by atoms with Gasteiger partial charge in [0, 0.05) is 25.6 Å². The summed E-state index contributed by atoms with van der Waals surface area (Å²) in [6.45, 7) is 2.11. The number of carbonyl (C=O) groups is 1. The summed E-state index contributed by atoms with van der Waals surface area (Å²) in [5.41, 5.74) is 0. The van der Waals surface area contributed by atoms with Gasteiger partial charge in [0.2, 0.25) is 5.91 Å². The van der Waals surface area contributed by atoms with E-state index in [2.05, 4.69) is 10.2 Å². The summed E-state index contributed by atoms with van der Waals surface area (Å²) in [5, 5.41) is 3.40. The number of piperidine rings is 1. The van der Waals surface area contributed by atoms with E-state index in [1.807, 2.05) is 7.05 Å². The third-order valence-corrected chi connectivity index (χ3v) is 5.22. The number of hydrogen-bond donors (Lipinski definition) is 1. The Morgan fingerprint density at radius 3 is 2.71 bits per heavy atom. The first-order valence-corrected chi connectivity index (χ1v) is 7.23. The highest BCUT2D eigenvalue weighted by Crippen LogP contribution is 2.48. The van der Waals surface area contributed by atoms with Gasteiger partial charge in [-0.3, -0.25) is 4.79 Å². The number of fused-ring (bicyclic) bond motifs is 2. The Kier molecular flexibility index (Phi) is 3.12. The Labute approximate surface area is 104 Å². The summed E-state index contributed by atoms with van der Waals surface area (Å²) in [6, 6.07) is 0.440. The van der Waals surface area contributed by atoms with Gasteiger partial charge in [-0.2, -0.15) is 0 Å². The highest BCUT2D eigenvalue weighted by atomic mass is 16.2. The molecule has 96 valence electrons. The molecule has 1 aliphatic heterocycles. The minimum Gasteiger partial charge on any atom is -0.341 e. The molecule has 2 bridgehead atoms. The summed E-state index contributed by atoms with van der Waals surface area (Å²) in [4.78, 5) is 14.6. The molecule has 0 aromatic heterocycles. The molecule has 4 atom stereocenters. The third-order valence-electron chi connectivity index (χ3n) is 5.22. The largest absolute Gasteiger partial charge is 0.341 e. The van der Waals surface area contributed by atoms with Gasteiger partial charge in [0.15, 0.2) is 0 Å². The summed E-state index contributed by atoms with van der Waals surface area (Å²) in [6.07, 6.45) is 7.57. The molecule has 1 amide bonds. The molecule has 2 saturated carbocycles. The normalized spacial score (nSPS) is 40.5. The zero-order valence-electron chi connectivity index (χ0n) is 10.8. The van der Waals surface area contributed by atoms with Gasteiger partial charge >= 0.3 is 0 Å². The molecule has 1 saturated heterocycles. The van der Waals surface area contributed by atoms with Crippen LogP contribution in [0.2, 0.25) is 0 Å². The SMILES string of the molecule is CN(C(=O)C1CC2CCC1C2)C1CCCNC1. The summed E-state index contributed by atoms with van der Waals surface area (Å²) >= 11 is 0. The maximum absolute atomic E-state index is 12.5. The molecule has 0 spiro atoms. The molecule has 2 aliphatic carbocycles. The maximum atomic E-state index is 12.5. The van der Waals surface area contributed by atoms with Crippen molar-refractivity contribution in [1.82, 2.24) is 10.2 Å². The molecule has 0 radical (unpaired) electrons. The Bertz CT molecular complexity index is 299. The van der Waals surface area contributed by atoms with Crippen molar-refractivity contribution in [2.45, 2.75) is 44.6 Å². The summed E-state index contributed by atoms with van der Waals surface area (Å²) in [5.74, 6) is 2.38. The monoisotopic (exact) mass is 236 g/mol. The van der Waals surface area contributed by atoms with Gasteiger partial charge in [0.25, 0.3) is 0 Å². The van der Waals surface area contributed by atoms with E-state index in [1.165, 1.54) is 38.5 Å². The molecule has 1 heterocycles. The first-order valence-electron chi connectivity index (χ1n) is 7.23. The highest BCUT2D eigenvalue weighted by Gasteiger charge is 2.44. The standard InChI is InChI=1S/C14H24N2O/c1-16(12-3-2-6-15-9-12)14(17)13-8-10-4-5-11(13)7-10/h10-13,15H,2-9H2,1H3. The topological polar surface area (TPSA) is 32.3 Å². The van der Waals surface area contributed by atoms with Crippen molar-refractivity contribution in [3.05, 3.63) is 0 Å². The quantitative estimate of drug-likeness (QED) is 0.790. The predicted molar refractivity (Wildman–Crippen MR) is 67.6 cm³/mol. The minimum atomic E-state index is 0.362. The van der Waals surface area contributed by atoms with Gasteiger partial charge in [-0.1, -0.05) is 6.42 Å². The first kappa shape index (κ1) is 11.5. The van der Waals surface area contributed by atoms with Gasteiger partial charge in [0.05, 0.1) is 0 Å². The minimum absolute atomic E-state index is 0.362. The van der Waals surface area contributed by atoms with Gasteiger partial charge in [0.1, 0.15) is 0 Å². The van der Waals surface area contributed by atoms with Crippen molar-refractivity contribution in [2.24, 2.45) is 17.8 Å². The zero-order chi connectivity index (χ0) is 11.8. The fraction of sp³-hybridized carbons (Fsp3) is 0.929. The molecule has 3 fully saturated rings. The molecule has 0 aromatic rings. The fourth-order valence-electron chi connectivity index (χ4n) is 4.15. The smallest absolute Gasteiger partial charge is 0.226 e. The van der Waals surface area contributed by atoms with E-state index < -0.39 is 0 Å². The van der Waals surface area contributed by atoms with Crippen molar-refractivity contribution >= 4 is 5.91 Å². The third kappa shape index (κ3) is 2.10. The summed E-state index contributed by atoms with van der Waals surface area (Å²) < 4.78 is 0. The lowest BCUT2D eigenvalue weighted by Crippen LogP contribution is -2.49. The van der Waals surface area contributed by atoms with E-state index >= 15 is 0 Å². The molecule has 3 rings (SSSR count). The lowest BCUT2D eigenvalue weighted by Gasteiger charge is -2.35. The van der Waals surface area contributed by atoms with E-state index in [0.29, 0.717) is 23.8 Å². The predicted octanol–water partition coefficient (Wildman–Crippen LogP) is 1.63. The van der Waals surface area contributed by atoms with Crippen LogP contribution in [0.25, 0.3) is 0 Å². The van der Waals surface area contributed by atoms with Crippen LogP contribution in [0.4, 0.5) is 0 Å². The number of hydrogen-bond acceptors (Lipinski definition) is 2. The lowest BCUT2D eigenvalue weighted by atomic mass is 9.87. The summed E-state index contributed by atoms with van der Waals surface area (Å²) in [7, 11) is 2.02. The van der Waals surface area contributed by atoms with E-state index in [0.717, 1.165) is 19.0 Å². The average molecular weight is 236 g/mol. The highest BCUT2D eigenvalue weighted by molar-refractivity contribution is 5.79. The van der Waals surface area contributed by atoms with Gasteiger partial charge in [-0.25, -0.2) is 0 Å². The Balaban J connectivity index is 1.61. The average Bonchev–Trinajstić information content (AvgIpc) is 3.00. The number of likely N-dealkylation sites (N-methyl/N-ethyl adjacent to an activating group) is 1. The molecular weight excluding hydrogens is 212 g/mol. The molecule has 3 nitrogen and oxygen atoms in total. The zero-order valence-corrected chi connectivity index (χ0v) is 10.8. The second-order valence-corrected chi connectivity index (χ2v) is 6.23. The molecule has 3 aliphatic rings. The van der Waals surface area contributed by atoms with Crippen molar-refractivity contribution in [2.75, 3.05) is 20.1 Å². The van der Waals surface area contributed by atoms with Crippen molar-refractivity contribution in [3.63, 3.8) is 0 Å². The number of rotatable bonds is 2. The van der Waals surface area contributed by atoms with Gasteiger partial charge in [-0.15, -0.1) is 0 Å². The van der Waals surface area contributed by atoms with Crippen LogP contribution in [-0.2, 0) is 4.79 Å². The van der Waals surface area contributed by atoms with E-state index in [4.69, 9.17) is 0 Å².